The summed E-state index contributed by atoms with van der Waals surface area (Å²) < 4.78 is 0.754. The van der Waals surface area contributed by atoms with Crippen LogP contribution in [0.3, 0.4) is 0 Å². The molecule has 6 nitrogen and oxygen atoms in total. The number of amides is 2. The minimum atomic E-state index is -1.30. The number of aliphatic carboxylic acids is 1. The zero-order chi connectivity index (χ0) is 13.0. The largest absolute Gasteiger partial charge is 0.480 e. The summed E-state index contributed by atoms with van der Waals surface area (Å²) in [6, 6.07) is 1.91. The van der Waals surface area contributed by atoms with E-state index in [1.165, 1.54) is 0 Å². The van der Waals surface area contributed by atoms with Gasteiger partial charge in [-0.15, -0.1) is 11.3 Å². The van der Waals surface area contributed by atoms with Crippen molar-refractivity contribution in [3.8, 4) is 0 Å². The highest BCUT2D eigenvalue weighted by molar-refractivity contribution is 9.11. The van der Waals surface area contributed by atoms with Crippen LogP contribution in [0.5, 0.6) is 0 Å². The molecule has 1 aromatic rings. The van der Waals surface area contributed by atoms with E-state index < -0.39 is 30.2 Å². The first kappa shape index (κ1) is 13.7. The molecule has 8 heteroatoms. The van der Waals surface area contributed by atoms with Gasteiger partial charge in [-0.2, -0.15) is 0 Å². The minimum Gasteiger partial charge on any atom is -0.480 e. The molecule has 17 heavy (non-hydrogen) atoms. The zero-order valence-electron chi connectivity index (χ0n) is 8.47. The zero-order valence-corrected chi connectivity index (χ0v) is 10.9. The summed E-state index contributed by atoms with van der Waals surface area (Å²) in [5, 5.41) is 11.0. The standard InChI is InChI=1S/C9H9BrN2O4S/c10-6-2-1-5(17-6)8(14)12-4(9(15)16)3-7(11)13/h1-2,4H,3H2,(H2,11,13)(H,12,14)(H,15,16)/t4-/m0/s1. The van der Waals surface area contributed by atoms with Crippen molar-refractivity contribution in [1.29, 1.82) is 0 Å². The van der Waals surface area contributed by atoms with Gasteiger partial charge in [0.25, 0.3) is 5.91 Å². The van der Waals surface area contributed by atoms with Crippen LogP contribution in [0.25, 0.3) is 0 Å². The summed E-state index contributed by atoms with van der Waals surface area (Å²) in [6.45, 7) is 0. The molecule has 0 fully saturated rings. The van der Waals surface area contributed by atoms with E-state index in [0.29, 0.717) is 4.88 Å². The molecule has 0 saturated carbocycles. The van der Waals surface area contributed by atoms with E-state index in [2.05, 4.69) is 21.2 Å². The van der Waals surface area contributed by atoms with Crippen LogP contribution in [-0.2, 0) is 9.59 Å². The van der Waals surface area contributed by atoms with Crippen LogP contribution >= 0.6 is 27.3 Å². The molecule has 1 aromatic heterocycles. The number of hydrogen-bond acceptors (Lipinski definition) is 4. The van der Waals surface area contributed by atoms with Crippen molar-refractivity contribution in [2.75, 3.05) is 0 Å². The molecule has 0 bridgehead atoms. The first-order valence-electron chi connectivity index (χ1n) is 4.47. The van der Waals surface area contributed by atoms with Gasteiger partial charge in [-0.3, -0.25) is 9.59 Å². The van der Waals surface area contributed by atoms with Crippen LogP contribution in [0.2, 0.25) is 0 Å². The molecule has 1 atom stereocenters. The Hall–Kier alpha value is -1.41. The lowest BCUT2D eigenvalue weighted by Crippen LogP contribution is -2.43. The fraction of sp³-hybridized carbons (Fsp3) is 0.222. The molecule has 92 valence electrons. The van der Waals surface area contributed by atoms with Gasteiger partial charge in [-0.05, 0) is 28.1 Å². The molecule has 0 spiro atoms. The molecule has 0 saturated heterocycles. The summed E-state index contributed by atoms with van der Waals surface area (Å²) in [4.78, 5) is 33.4. The predicted molar refractivity (Wildman–Crippen MR) is 64.7 cm³/mol. The quantitative estimate of drug-likeness (QED) is 0.736. The van der Waals surface area contributed by atoms with Gasteiger partial charge in [0, 0.05) is 0 Å². The maximum Gasteiger partial charge on any atom is 0.326 e. The van der Waals surface area contributed by atoms with Gasteiger partial charge < -0.3 is 16.2 Å². The molecule has 0 aliphatic heterocycles. The number of carbonyl (C=O) groups is 3. The van der Waals surface area contributed by atoms with Crippen LogP contribution in [0.4, 0.5) is 0 Å². The normalized spacial score (nSPS) is 11.8. The number of nitrogens with one attached hydrogen (secondary N) is 1. The molecule has 0 aliphatic carbocycles. The van der Waals surface area contributed by atoms with E-state index in [0.717, 1.165) is 15.1 Å². The van der Waals surface area contributed by atoms with Gasteiger partial charge in [0.15, 0.2) is 0 Å². The maximum atomic E-state index is 11.6. The maximum absolute atomic E-state index is 11.6. The van der Waals surface area contributed by atoms with Crippen molar-refractivity contribution < 1.29 is 19.5 Å². The number of thiophene rings is 1. The number of carbonyl (C=O) groups excluding carboxylic acids is 2. The van der Waals surface area contributed by atoms with Crippen LogP contribution in [0, 0.1) is 0 Å². The topological polar surface area (TPSA) is 109 Å². The van der Waals surface area contributed by atoms with E-state index in [9.17, 15) is 14.4 Å². The van der Waals surface area contributed by atoms with E-state index in [1.54, 1.807) is 12.1 Å². The Morgan fingerprint density at radius 3 is 2.53 bits per heavy atom. The van der Waals surface area contributed by atoms with E-state index in [4.69, 9.17) is 10.8 Å². The molecular formula is C9H9BrN2O4S. The summed E-state index contributed by atoms with van der Waals surface area (Å²) in [5.74, 6) is -2.63. The molecule has 1 heterocycles. The van der Waals surface area contributed by atoms with Crippen molar-refractivity contribution in [2.45, 2.75) is 12.5 Å². The van der Waals surface area contributed by atoms with Crippen LogP contribution in [0.15, 0.2) is 15.9 Å². The van der Waals surface area contributed by atoms with Crippen LogP contribution in [0.1, 0.15) is 16.1 Å². The van der Waals surface area contributed by atoms with Crippen molar-refractivity contribution >= 4 is 45.1 Å². The molecule has 2 amide bonds. The van der Waals surface area contributed by atoms with Gasteiger partial charge >= 0.3 is 5.97 Å². The Balaban J connectivity index is 2.70. The van der Waals surface area contributed by atoms with Gasteiger partial charge in [-0.25, -0.2) is 4.79 Å². The number of hydrogen-bond donors (Lipinski definition) is 3. The number of carboxylic acid groups (broad SMARTS) is 1. The number of halogens is 1. The average molecular weight is 321 g/mol. The Morgan fingerprint density at radius 1 is 1.47 bits per heavy atom. The predicted octanol–water partition coefficient (Wildman–Crippen LogP) is 0.569. The first-order valence-corrected chi connectivity index (χ1v) is 6.08. The van der Waals surface area contributed by atoms with Crippen molar-refractivity contribution in [3.63, 3.8) is 0 Å². The molecular weight excluding hydrogens is 312 g/mol. The SMILES string of the molecule is NC(=O)C[C@H](NC(=O)c1ccc(Br)s1)C(=O)O. The third-order valence-corrected chi connectivity index (χ3v) is 3.43. The summed E-state index contributed by atoms with van der Waals surface area (Å²) in [6.07, 6.45) is -0.437. The van der Waals surface area contributed by atoms with Crippen molar-refractivity contribution in [2.24, 2.45) is 5.73 Å². The Labute approximate surface area is 109 Å². The Bertz CT molecular complexity index is 460. The van der Waals surface area contributed by atoms with Gasteiger partial charge in [0.1, 0.15) is 6.04 Å². The second-order valence-electron chi connectivity index (χ2n) is 3.14. The van der Waals surface area contributed by atoms with Crippen LogP contribution < -0.4 is 11.1 Å². The first-order chi connectivity index (χ1) is 7.90. The minimum absolute atomic E-state index is 0.354. The lowest BCUT2D eigenvalue weighted by atomic mass is 10.2. The van der Waals surface area contributed by atoms with Gasteiger partial charge in [-0.1, -0.05) is 0 Å². The summed E-state index contributed by atoms with van der Waals surface area (Å²) >= 11 is 4.35. The second kappa shape index (κ2) is 5.78. The number of nitrogens with two attached hydrogens (primary N) is 1. The third-order valence-electron chi connectivity index (χ3n) is 1.81. The third kappa shape index (κ3) is 4.16. The van der Waals surface area contributed by atoms with E-state index in [1.807, 2.05) is 0 Å². The summed E-state index contributed by atoms with van der Waals surface area (Å²) in [5.41, 5.74) is 4.89. The van der Waals surface area contributed by atoms with E-state index in [-0.39, 0.29) is 0 Å². The monoisotopic (exact) mass is 320 g/mol. The van der Waals surface area contributed by atoms with E-state index >= 15 is 0 Å². The average Bonchev–Trinajstić information content (AvgIpc) is 2.63. The molecule has 0 aliphatic rings. The fourth-order valence-electron chi connectivity index (χ4n) is 1.07. The highest BCUT2D eigenvalue weighted by Gasteiger charge is 2.23. The summed E-state index contributed by atoms with van der Waals surface area (Å²) in [7, 11) is 0. The lowest BCUT2D eigenvalue weighted by molar-refractivity contribution is -0.140. The number of rotatable bonds is 5. The fourth-order valence-corrected chi connectivity index (χ4v) is 2.36. The van der Waals surface area contributed by atoms with Gasteiger partial charge in [0.2, 0.25) is 5.91 Å². The molecule has 4 N–H and O–H groups in total. The molecule has 0 unspecified atom stereocenters. The number of carboxylic acids is 1. The Kier molecular flexibility index (Phi) is 4.64. The van der Waals surface area contributed by atoms with Crippen molar-refractivity contribution in [1.82, 2.24) is 5.32 Å². The molecule has 1 rings (SSSR count). The van der Waals surface area contributed by atoms with Crippen LogP contribution in [-0.4, -0.2) is 28.9 Å². The molecule has 0 aromatic carbocycles. The highest BCUT2D eigenvalue weighted by Crippen LogP contribution is 2.21. The smallest absolute Gasteiger partial charge is 0.326 e. The number of primary amides is 1. The highest BCUT2D eigenvalue weighted by atomic mass is 79.9. The second-order valence-corrected chi connectivity index (χ2v) is 5.60. The lowest BCUT2D eigenvalue weighted by Gasteiger charge is -2.11. The van der Waals surface area contributed by atoms with Crippen molar-refractivity contribution in [3.05, 3.63) is 20.8 Å². The van der Waals surface area contributed by atoms with Gasteiger partial charge in [0.05, 0.1) is 15.1 Å². The molecule has 0 radical (unpaired) electrons. The Morgan fingerprint density at radius 2 is 2.12 bits per heavy atom.